The van der Waals surface area contributed by atoms with Crippen molar-refractivity contribution >= 4 is 28.4 Å². The van der Waals surface area contributed by atoms with E-state index in [0.717, 1.165) is 24.9 Å². The molecule has 15 rings (SSSR count). The van der Waals surface area contributed by atoms with Gasteiger partial charge in [0.1, 0.15) is 0 Å². The summed E-state index contributed by atoms with van der Waals surface area (Å²) in [7, 11) is 0. The number of hydrogen-bond donors (Lipinski definition) is 0. The van der Waals surface area contributed by atoms with E-state index in [1.807, 2.05) is 0 Å². The molecule has 0 N–H and O–H groups in total. The molecule has 74 heavy (non-hydrogen) atoms. The number of fused-ring (bicyclic) bond motifs is 12. The average molecular weight is 947 g/mol. The molecular weight excluding hydrogens is 893 g/mol. The molecule has 2 nitrogen and oxygen atoms in total. The van der Waals surface area contributed by atoms with Crippen LogP contribution in [0.3, 0.4) is 0 Å². The van der Waals surface area contributed by atoms with Crippen molar-refractivity contribution < 1.29 is 0 Å². The van der Waals surface area contributed by atoms with Crippen LogP contribution in [0, 0.1) is 0 Å². The fourth-order valence-corrected chi connectivity index (χ4v) is 13.6. The lowest BCUT2D eigenvalue weighted by atomic mass is 9.76. The Morgan fingerprint density at radius 2 is 1.05 bits per heavy atom. The molecule has 1 heterocycles. The maximum atomic E-state index is 2.56. The zero-order valence-electron chi connectivity index (χ0n) is 42.0. The first kappa shape index (κ1) is 42.9. The number of benzene rings is 10. The molecular formula is C72H54N2. The summed E-state index contributed by atoms with van der Waals surface area (Å²) < 4.78 is 0. The van der Waals surface area contributed by atoms with Gasteiger partial charge in [0.05, 0.1) is 17.1 Å². The third kappa shape index (κ3) is 6.31. The van der Waals surface area contributed by atoms with Gasteiger partial charge in [-0.25, -0.2) is 0 Å². The third-order valence-electron chi connectivity index (χ3n) is 17.4. The summed E-state index contributed by atoms with van der Waals surface area (Å²) in [6.07, 6.45) is 9.77. The van der Waals surface area contributed by atoms with Crippen molar-refractivity contribution in [2.24, 2.45) is 0 Å². The molecule has 0 bridgehead atoms. The first-order valence-electron chi connectivity index (χ1n) is 26.4. The van der Waals surface area contributed by atoms with Crippen LogP contribution in [-0.4, -0.2) is 0 Å². The van der Waals surface area contributed by atoms with E-state index in [1.54, 1.807) is 0 Å². The molecule has 0 amide bonds. The summed E-state index contributed by atoms with van der Waals surface area (Å²) in [4.78, 5) is 5.08. The Balaban J connectivity index is 0.845. The van der Waals surface area contributed by atoms with E-state index in [0.29, 0.717) is 0 Å². The van der Waals surface area contributed by atoms with Gasteiger partial charge in [-0.1, -0.05) is 190 Å². The highest BCUT2D eigenvalue weighted by Crippen LogP contribution is 2.58. The Morgan fingerprint density at radius 3 is 1.88 bits per heavy atom. The summed E-state index contributed by atoms with van der Waals surface area (Å²) in [6, 6.07) is 82.4. The van der Waals surface area contributed by atoms with E-state index in [2.05, 4.69) is 267 Å². The van der Waals surface area contributed by atoms with E-state index in [4.69, 9.17) is 0 Å². The summed E-state index contributed by atoms with van der Waals surface area (Å²) in [5, 5.41) is 0. The number of nitrogens with zero attached hydrogens (tertiary/aromatic N) is 2. The molecule has 10 aromatic carbocycles. The minimum absolute atomic E-state index is 0.130. The van der Waals surface area contributed by atoms with Crippen molar-refractivity contribution in [2.75, 3.05) is 9.80 Å². The average Bonchev–Trinajstić information content (AvgIpc) is 4.17. The van der Waals surface area contributed by atoms with Crippen molar-refractivity contribution in [1.82, 2.24) is 0 Å². The second-order valence-corrected chi connectivity index (χ2v) is 21.8. The minimum Gasteiger partial charge on any atom is -0.313 e. The Bertz CT molecular complexity index is 4020. The van der Waals surface area contributed by atoms with Crippen LogP contribution >= 0.6 is 0 Å². The van der Waals surface area contributed by atoms with Crippen molar-refractivity contribution in [1.29, 1.82) is 0 Å². The molecule has 10 aromatic rings. The lowest BCUT2D eigenvalue weighted by Gasteiger charge is -2.31. The topological polar surface area (TPSA) is 6.48 Å². The molecule has 4 aliphatic carbocycles. The zero-order chi connectivity index (χ0) is 49.3. The summed E-state index contributed by atoms with van der Waals surface area (Å²) >= 11 is 0. The highest BCUT2D eigenvalue weighted by Gasteiger charge is 2.45. The zero-order valence-corrected chi connectivity index (χ0v) is 42.0. The molecule has 1 aliphatic heterocycles. The van der Waals surface area contributed by atoms with Gasteiger partial charge in [0.2, 0.25) is 0 Å². The standard InChI is InChI=1S/C72H54N2/c1-71(2)62-23-12-11-22-59(62)70-63(71)24-15-25-66(70)73(54-34-29-47(30-35-54)46-16-5-4-6-17-46)67-40-38-57(61-44-52-19-8-10-21-58(52)69(61)67)48-31-36-55(37-32-48)74-65-39-33-50(45-64(65)72(3)41-14-13-26-68(72)74)49-27-28-53-42-51-18-7-9-20-56(51)60(53)43-49/h4-40,43,45H,41-42,44H2,1-3H3. The summed E-state index contributed by atoms with van der Waals surface area (Å²) in [6.45, 7) is 7.19. The Labute approximate surface area is 434 Å². The van der Waals surface area contributed by atoms with Gasteiger partial charge in [-0.2, -0.15) is 0 Å². The van der Waals surface area contributed by atoms with Crippen molar-refractivity contribution in [3.63, 3.8) is 0 Å². The van der Waals surface area contributed by atoms with E-state index in [-0.39, 0.29) is 10.8 Å². The van der Waals surface area contributed by atoms with Crippen molar-refractivity contribution in [3.05, 3.63) is 281 Å². The molecule has 2 heteroatoms. The molecule has 0 fully saturated rings. The molecule has 5 aliphatic rings. The molecule has 0 spiro atoms. The minimum atomic E-state index is -0.144. The van der Waals surface area contributed by atoms with Gasteiger partial charge < -0.3 is 9.80 Å². The van der Waals surface area contributed by atoms with Crippen LogP contribution in [0.5, 0.6) is 0 Å². The van der Waals surface area contributed by atoms with Crippen LogP contribution in [0.2, 0.25) is 0 Å². The molecule has 1 unspecified atom stereocenters. The van der Waals surface area contributed by atoms with Crippen molar-refractivity contribution in [2.45, 2.75) is 50.9 Å². The lowest BCUT2D eigenvalue weighted by molar-refractivity contribution is 0.577. The fraction of sp³-hybridized carbons (Fsp3) is 0.111. The van der Waals surface area contributed by atoms with Gasteiger partial charge in [0.25, 0.3) is 0 Å². The first-order chi connectivity index (χ1) is 36.3. The molecule has 0 saturated carbocycles. The molecule has 0 radical (unpaired) electrons. The maximum Gasteiger partial charge on any atom is 0.0543 e. The number of anilines is 5. The highest BCUT2D eigenvalue weighted by atomic mass is 15.2. The predicted molar refractivity (Wildman–Crippen MR) is 309 cm³/mol. The maximum absolute atomic E-state index is 2.56. The number of hydrogen-bond acceptors (Lipinski definition) is 2. The van der Waals surface area contributed by atoms with Crippen LogP contribution < -0.4 is 9.80 Å². The van der Waals surface area contributed by atoms with Crippen LogP contribution in [0.4, 0.5) is 28.4 Å². The monoisotopic (exact) mass is 946 g/mol. The van der Waals surface area contributed by atoms with E-state index in [9.17, 15) is 0 Å². The second-order valence-electron chi connectivity index (χ2n) is 21.8. The Hall–Kier alpha value is -8.72. The van der Waals surface area contributed by atoms with Crippen molar-refractivity contribution in [3.8, 4) is 66.8 Å². The Kier molecular flexibility index (Phi) is 9.36. The van der Waals surface area contributed by atoms with Crippen LogP contribution in [-0.2, 0) is 23.7 Å². The van der Waals surface area contributed by atoms with Crippen LogP contribution in [0.1, 0.15) is 66.1 Å². The van der Waals surface area contributed by atoms with Gasteiger partial charge >= 0.3 is 0 Å². The van der Waals surface area contributed by atoms with Crippen LogP contribution in [0.25, 0.3) is 66.8 Å². The van der Waals surface area contributed by atoms with Gasteiger partial charge in [0.15, 0.2) is 0 Å². The molecule has 0 saturated heterocycles. The van der Waals surface area contributed by atoms with E-state index >= 15 is 0 Å². The van der Waals surface area contributed by atoms with Gasteiger partial charge in [0, 0.05) is 39.0 Å². The molecule has 0 aromatic heterocycles. The largest absolute Gasteiger partial charge is 0.313 e. The SMILES string of the molecule is CC12CC=CC=C1N(c1ccc(-c3ccc(N(c4ccc(-c5ccccc5)cc4)c4cccc5c4-c4ccccc4C5(C)C)c4c3Cc3ccccc3-4)cc1)c1ccc(-c3ccc4c(c3)-c3ccccc3C4)cc12. The normalized spacial score (nSPS) is 16.6. The smallest absolute Gasteiger partial charge is 0.0543 e. The van der Waals surface area contributed by atoms with Crippen LogP contribution in [0.15, 0.2) is 242 Å². The fourth-order valence-electron chi connectivity index (χ4n) is 13.6. The van der Waals surface area contributed by atoms with E-state index in [1.165, 1.54) is 134 Å². The molecule has 1 atom stereocenters. The molecule has 352 valence electrons. The number of allylic oxidation sites excluding steroid dienone is 4. The second kappa shape index (κ2) is 16.1. The lowest BCUT2D eigenvalue weighted by Crippen LogP contribution is -2.26. The summed E-state index contributed by atoms with van der Waals surface area (Å²) in [5.74, 6) is 0. The highest BCUT2D eigenvalue weighted by molar-refractivity contribution is 6.02. The van der Waals surface area contributed by atoms with E-state index < -0.39 is 0 Å². The predicted octanol–water partition coefficient (Wildman–Crippen LogP) is 18.9. The van der Waals surface area contributed by atoms with Gasteiger partial charge in [-0.3, -0.25) is 0 Å². The quantitative estimate of drug-likeness (QED) is 0.157. The van der Waals surface area contributed by atoms with Gasteiger partial charge in [-0.05, 0) is 181 Å². The third-order valence-corrected chi connectivity index (χ3v) is 17.4. The number of rotatable bonds is 7. The Morgan fingerprint density at radius 1 is 0.419 bits per heavy atom. The summed E-state index contributed by atoms with van der Waals surface area (Å²) in [5.41, 5.74) is 32.2. The van der Waals surface area contributed by atoms with Gasteiger partial charge in [-0.15, -0.1) is 0 Å². The first-order valence-corrected chi connectivity index (χ1v) is 26.4.